The van der Waals surface area contributed by atoms with Crippen molar-refractivity contribution in [1.82, 2.24) is 0 Å². The maximum absolute atomic E-state index is 8.91. The van der Waals surface area contributed by atoms with Crippen molar-refractivity contribution in [2.75, 3.05) is 5.32 Å². The third-order valence-corrected chi connectivity index (χ3v) is 2.44. The van der Waals surface area contributed by atoms with Crippen LogP contribution >= 0.6 is 15.9 Å². The summed E-state index contributed by atoms with van der Waals surface area (Å²) in [5, 5.41) is 37.8. The summed E-state index contributed by atoms with van der Waals surface area (Å²) < 4.78 is 0.705. The zero-order valence-electron chi connectivity index (χ0n) is 8.90. The van der Waals surface area contributed by atoms with Crippen LogP contribution in [0, 0.1) is 45.3 Å². The van der Waals surface area contributed by atoms with Crippen molar-refractivity contribution in [2.24, 2.45) is 0 Å². The molecule has 0 heterocycles. The quantitative estimate of drug-likeness (QED) is 0.844. The molecule has 0 atom stereocenters. The van der Waals surface area contributed by atoms with E-state index >= 15 is 0 Å². The molecule has 0 radical (unpaired) electrons. The average molecular weight is 298 g/mol. The van der Waals surface area contributed by atoms with Crippen LogP contribution in [0.2, 0.25) is 0 Å². The van der Waals surface area contributed by atoms with Gasteiger partial charge in [0, 0.05) is 4.47 Å². The van der Waals surface area contributed by atoms with E-state index in [0.29, 0.717) is 15.7 Å². The normalized spacial score (nSPS) is 8.06. The molecular weight excluding hydrogens is 294 g/mol. The van der Waals surface area contributed by atoms with Crippen LogP contribution in [-0.4, -0.2) is 0 Å². The molecule has 18 heavy (non-hydrogen) atoms. The highest BCUT2D eigenvalue weighted by Gasteiger charge is 2.09. The zero-order valence-corrected chi connectivity index (χ0v) is 10.5. The first-order valence-corrected chi connectivity index (χ1v) is 5.36. The van der Waals surface area contributed by atoms with E-state index in [9.17, 15) is 0 Å². The molecule has 1 rings (SSSR count). The smallest absolute Gasteiger partial charge is 0.163 e. The minimum Gasteiger partial charge on any atom is -0.344 e. The number of nitrogens with one attached hydrogen (secondary N) is 1. The number of hydrogen-bond donors (Lipinski definition) is 1. The molecule has 5 nitrogen and oxygen atoms in total. The van der Waals surface area contributed by atoms with Crippen LogP contribution in [0.3, 0.4) is 0 Å². The fraction of sp³-hybridized carbons (Fsp3) is 0. The van der Waals surface area contributed by atoms with Gasteiger partial charge in [0.1, 0.15) is 30.0 Å². The predicted octanol–water partition coefficient (Wildman–Crippen LogP) is 2.56. The van der Waals surface area contributed by atoms with Gasteiger partial charge in [-0.05, 0) is 18.2 Å². The van der Waals surface area contributed by atoms with Crippen molar-refractivity contribution in [3.8, 4) is 24.3 Å². The molecule has 0 bridgehead atoms. The first-order chi connectivity index (χ1) is 8.65. The molecular formula is C12H4BrN5. The molecule has 0 aliphatic rings. The van der Waals surface area contributed by atoms with Crippen molar-refractivity contribution >= 4 is 21.6 Å². The lowest BCUT2D eigenvalue weighted by molar-refractivity contribution is 1.36. The van der Waals surface area contributed by atoms with Gasteiger partial charge in [-0.1, -0.05) is 15.9 Å². The number of allylic oxidation sites excluding steroid dienone is 2. The van der Waals surface area contributed by atoms with Gasteiger partial charge in [-0.15, -0.1) is 0 Å². The fourth-order valence-corrected chi connectivity index (χ4v) is 1.50. The minimum atomic E-state index is -0.332. The van der Waals surface area contributed by atoms with E-state index in [1.807, 2.05) is 6.07 Å². The summed E-state index contributed by atoms with van der Waals surface area (Å²) in [5.74, 6) is 0. The second kappa shape index (κ2) is 6.06. The van der Waals surface area contributed by atoms with E-state index in [-0.39, 0.29) is 11.3 Å². The van der Waals surface area contributed by atoms with Gasteiger partial charge in [0.25, 0.3) is 0 Å². The number of nitriles is 4. The number of rotatable bonds is 2. The Morgan fingerprint density at radius 2 is 1.72 bits per heavy atom. The standard InChI is InChI=1S/C12H4BrN5/c13-10-2-1-8(4-14)11(3-10)18-12(7-17)9(5-15)6-16/h1-3,18H. The first kappa shape index (κ1) is 13.3. The highest BCUT2D eigenvalue weighted by molar-refractivity contribution is 9.10. The Labute approximate surface area is 112 Å². The van der Waals surface area contributed by atoms with Crippen LogP contribution in [0.1, 0.15) is 5.56 Å². The lowest BCUT2D eigenvalue weighted by Crippen LogP contribution is -2.02. The van der Waals surface area contributed by atoms with Gasteiger partial charge in [-0.25, -0.2) is 0 Å². The summed E-state index contributed by atoms with van der Waals surface area (Å²) in [7, 11) is 0. The lowest BCUT2D eigenvalue weighted by atomic mass is 10.1. The van der Waals surface area contributed by atoms with Gasteiger partial charge in [0.15, 0.2) is 5.57 Å². The van der Waals surface area contributed by atoms with E-state index in [2.05, 4.69) is 21.2 Å². The summed E-state index contributed by atoms with van der Waals surface area (Å²) >= 11 is 3.23. The molecule has 0 amide bonds. The van der Waals surface area contributed by atoms with Crippen LogP contribution in [-0.2, 0) is 0 Å². The van der Waals surface area contributed by atoms with Crippen LogP contribution in [0.5, 0.6) is 0 Å². The first-order valence-electron chi connectivity index (χ1n) is 4.57. The molecule has 1 aromatic rings. The van der Waals surface area contributed by atoms with Gasteiger partial charge in [0.05, 0.1) is 11.3 Å². The second-order valence-corrected chi connectivity index (χ2v) is 3.93. The van der Waals surface area contributed by atoms with Gasteiger partial charge >= 0.3 is 0 Å². The number of halogens is 1. The SMILES string of the molecule is N#CC(C#N)=C(C#N)Nc1cc(Br)ccc1C#N. The highest BCUT2D eigenvalue weighted by Crippen LogP contribution is 2.22. The van der Waals surface area contributed by atoms with Gasteiger partial charge in [0.2, 0.25) is 0 Å². The van der Waals surface area contributed by atoms with Crippen molar-refractivity contribution in [1.29, 1.82) is 21.0 Å². The maximum Gasteiger partial charge on any atom is 0.163 e. The van der Waals surface area contributed by atoms with Gasteiger partial charge in [-0.2, -0.15) is 21.0 Å². The molecule has 0 aliphatic heterocycles. The van der Waals surface area contributed by atoms with E-state index in [0.717, 1.165) is 0 Å². The summed E-state index contributed by atoms with van der Waals surface area (Å²) in [5.41, 5.74) is 0.142. The van der Waals surface area contributed by atoms with Crippen LogP contribution in [0.25, 0.3) is 0 Å². The van der Waals surface area contributed by atoms with Crippen LogP contribution in [0.15, 0.2) is 33.9 Å². The Hall–Kier alpha value is -2.80. The van der Waals surface area contributed by atoms with Crippen molar-refractivity contribution in [3.63, 3.8) is 0 Å². The third kappa shape index (κ3) is 2.86. The van der Waals surface area contributed by atoms with E-state index in [1.165, 1.54) is 0 Å². The van der Waals surface area contributed by atoms with E-state index < -0.39 is 0 Å². The Kier molecular flexibility index (Phi) is 4.47. The van der Waals surface area contributed by atoms with E-state index in [1.54, 1.807) is 36.4 Å². The summed E-state index contributed by atoms with van der Waals surface area (Å²) in [6.07, 6.45) is 0. The molecule has 0 unspecified atom stereocenters. The molecule has 1 N–H and O–H groups in total. The van der Waals surface area contributed by atoms with Crippen LogP contribution in [0.4, 0.5) is 5.69 Å². The molecule has 84 valence electrons. The molecule has 6 heteroatoms. The zero-order chi connectivity index (χ0) is 13.5. The molecule has 1 aromatic carbocycles. The maximum atomic E-state index is 8.91. The Bertz CT molecular complexity index is 660. The topological polar surface area (TPSA) is 107 Å². The van der Waals surface area contributed by atoms with E-state index in [4.69, 9.17) is 21.0 Å². The molecule has 0 saturated heterocycles. The summed E-state index contributed by atoms with van der Waals surface area (Å²) in [6, 6.07) is 11.7. The summed E-state index contributed by atoms with van der Waals surface area (Å²) in [4.78, 5) is 0. The number of benzene rings is 1. The highest BCUT2D eigenvalue weighted by atomic mass is 79.9. The van der Waals surface area contributed by atoms with Gasteiger partial charge < -0.3 is 5.32 Å². The lowest BCUT2D eigenvalue weighted by Gasteiger charge is -2.06. The largest absolute Gasteiger partial charge is 0.344 e. The number of nitrogens with zero attached hydrogens (tertiary/aromatic N) is 4. The van der Waals surface area contributed by atoms with Crippen LogP contribution < -0.4 is 5.32 Å². The predicted molar refractivity (Wildman–Crippen MR) is 66.3 cm³/mol. The number of anilines is 1. The Balaban J connectivity index is 3.29. The van der Waals surface area contributed by atoms with Crippen molar-refractivity contribution in [2.45, 2.75) is 0 Å². The Morgan fingerprint density at radius 3 is 2.22 bits per heavy atom. The van der Waals surface area contributed by atoms with Gasteiger partial charge in [-0.3, -0.25) is 0 Å². The Morgan fingerprint density at radius 1 is 1.06 bits per heavy atom. The van der Waals surface area contributed by atoms with Crippen molar-refractivity contribution in [3.05, 3.63) is 39.5 Å². The third-order valence-electron chi connectivity index (χ3n) is 1.95. The molecule has 0 saturated carbocycles. The average Bonchev–Trinajstić information content (AvgIpc) is 2.39. The monoisotopic (exact) mass is 297 g/mol. The van der Waals surface area contributed by atoms with Crippen molar-refractivity contribution < 1.29 is 0 Å². The second-order valence-electron chi connectivity index (χ2n) is 3.01. The molecule has 0 aromatic heterocycles. The summed E-state index contributed by atoms with van der Waals surface area (Å²) in [6.45, 7) is 0. The minimum absolute atomic E-state index is 0.186. The molecule has 0 aliphatic carbocycles. The molecule has 0 spiro atoms. The fourth-order valence-electron chi connectivity index (χ4n) is 1.14. The number of hydrogen-bond acceptors (Lipinski definition) is 5. The molecule has 0 fully saturated rings.